The van der Waals surface area contributed by atoms with Gasteiger partial charge < -0.3 is 5.73 Å². The smallest absolute Gasteiger partial charge is 0.00765 e. The zero-order chi connectivity index (χ0) is 5.98. The van der Waals surface area contributed by atoms with E-state index in [0.717, 1.165) is 6.42 Å². The average molecular weight is 111 g/mol. The van der Waals surface area contributed by atoms with Crippen LogP contribution < -0.4 is 5.73 Å². The first kappa shape index (κ1) is 5.83. The van der Waals surface area contributed by atoms with Crippen molar-refractivity contribution in [2.75, 3.05) is 0 Å². The quantitative estimate of drug-likeness (QED) is 0.470. The van der Waals surface area contributed by atoms with Crippen molar-refractivity contribution in [3.05, 3.63) is 11.6 Å². The molecule has 0 radical (unpaired) electrons. The molecule has 0 saturated carbocycles. The molecule has 0 aromatic carbocycles. The maximum atomic E-state index is 5.65. The number of nitrogens with two attached hydrogens (primary N) is 1. The second kappa shape index (κ2) is 2.31. The molecular formula is C7H13N. The summed E-state index contributed by atoms with van der Waals surface area (Å²) in [6, 6.07) is 0.443. The molecule has 0 fully saturated rings. The van der Waals surface area contributed by atoms with E-state index in [1.807, 2.05) is 0 Å². The first-order valence-electron chi connectivity index (χ1n) is 3.20. The number of hydrogen-bond donors (Lipinski definition) is 1. The molecule has 1 aliphatic carbocycles. The first-order chi connectivity index (χ1) is 3.79. The molecule has 1 nitrogen and oxygen atoms in total. The number of rotatable bonds is 0. The summed E-state index contributed by atoms with van der Waals surface area (Å²) in [5, 5.41) is 0. The minimum absolute atomic E-state index is 0.443. The molecule has 0 saturated heterocycles. The van der Waals surface area contributed by atoms with Crippen LogP contribution in [0.5, 0.6) is 0 Å². The lowest BCUT2D eigenvalue weighted by atomic mass is 9.97. The van der Waals surface area contributed by atoms with Crippen LogP contribution in [-0.4, -0.2) is 6.04 Å². The van der Waals surface area contributed by atoms with E-state index in [0.29, 0.717) is 6.04 Å². The van der Waals surface area contributed by atoms with Gasteiger partial charge in [-0.1, -0.05) is 11.6 Å². The van der Waals surface area contributed by atoms with Gasteiger partial charge in [-0.3, -0.25) is 0 Å². The summed E-state index contributed by atoms with van der Waals surface area (Å²) >= 11 is 0. The van der Waals surface area contributed by atoms with Crippen molar-refractivity contribution >= 4 is 0 Å². The van der Waals surface area contributed by atoms with Crippen LogP contribution in [0.25, 0.3) is 0 Å². The highest BCUT2D eigenvalue weighted by molar-refractivity contribution is 5.03. The molecule has 0 amide bonds. The topological polar surface area (TPSA) is 26.0 Å². The Kier molecular flexibility index (Phi) is 1.69. The molecular weight excluding hydrogens is 98.1 g/mol. The molecule has 8 heavy (non-hydrogen) atoms. The average Bonchev–Trinajstić information content (AvgIpc) is 1.77. The van der Waals surface area contributed by atoms with E-state index in [9.17, 15) is 0 Å². The van der Waals surface area contributed by atoms with Crippen LogP contribution in [0, 0.1) is 0 Å². The molecule has 0 unspecified atom stereocenters. The van der Waals surface area contributed by atoms with Gasteiger partial charge in [0.2, 0.25) is 0 Å². The van der Waals surface area contributed by atoms with E-state index in [2.05, 4.69) is 13.0 Å². The fourth-order valence-electron chi connectivity index (χ4n) is 0.986. The Bertz CT molecular complexity index is 105. The van der Waals surface area contributed by atoms with Crippen LogP contribution >= 0.6 is 0 Å². The SMILES string of the molecule is CC1=CC[C@@H](N)CC1. The predicted molar refractivity (Wildman–Crippen MR) is 35.6 cm³/mol. The van der Waals surface area contributed by atoms with Crippen molar-refractivity contribution in [2.45, 2.75) is 32.2 Å². The summed E-state index contributed by atoms with van der Waals surface area (Å²) < 4.78 is 0. The molecule has 1 rings (SSSR count). The summed E-state index contributed by atoms with van der Waals surface area (Å²) in [6.07, 6.45) is 5.73. The maximum absolute atomic E-state index is 5.65. The lowest BCUT2D eigenvalue weighted by molar-refractivity contribution is 0.590. The lowest BCUT2D eigenvalue weighted by Crippen LogP contribution is -2.21. The summed E-state index contributed by atoms with van der Waals surface area (Å²) in [4.78, 5) is 0. The molecule has 0 bridgehead atoms. The second-order valence-corrected chi connectivity index (χ2v) is 2.58. The van der Waals surface area contributed by atoms with Crippen LogP contribution in [0.2, 0.25) is 0 Å². The lowest BCUT2D eigenvalue weighted by Gasteiger charge is -2.14. The maximum Gasteiger partial charge on any atom is 0.00765 e. The summed E-state index contributed by atoms with van der Waals surface area (Å²) in [7, 11) is 0. The largest absolute Gasteiger partial charge is 0.327 e. The summed E-state index contributed by atoms with van der Waals surface area (Å²) in [5.74, 6) is 0. The van der Waals surface area contributed by atoms with Crippen molar-refractivity contribution in [2.24, 2.45) is 5.73 Å². The van der Waals surface area contributed by atoms with Crippen LogP contribution in [0.15, 0.2) is 11.6 Å². The van der Waals surface area contributed by atoms with Crippen LogP contribution in [0.3, 0.4) is 0 Å². The first-order valence-corrected chi connectivity index (χ1v) is 3.20. The third-order valence-corrected chi connectivity index (χ3v) is 1.68. The monoisotopic (exact) mass is 111 g/mol. The Labute approximate surface area is 50.6 Å². The third kappa shape index (κ3) is 1.34. The molecule has 0 spiro atoms. The molecule has 1 heteroatoms. The van der Waals surface area contributed by atoms with Crippen molar-refractivity contribution in [3.8, 4) is 0 Å². The van der Waals surface area contributed by atoms with Gasteiger partial charge in [-0.05, 0) is 26.2 Å². The molecule has 0 aliphatic heterocycles. The minimum Gasteiger partial charge on any atom is -0.327 e. The van der Waals surface area contributed by atoms with Gasteiger partial charge in [0.1, 0.15) is 0 Å². The van der Waals surface area contributed by atoms with Crippen molar-refractivity contribution < 1.29 is 0 Å². The van der Waals surface area contributed by atoms with Gasteiger partial charge in [0.05, 0.1) is 0 Å². The highest BCUT2D eigenvalue weighted by atomic mass is 14.6. The molecule has 1 atom stereocenters. The van der Waals surface area contributed by atoms with Crippen molar-refractivity contribution in [3.63, 3.8) is 0 Å². The summed E-state index contributed by atoms with van der Waals surface area (Å²) in [6.45, 7) is 2.17. The number of allylic oxidation sites excluding steroid dienone is 1. The molecule has 1 aliphatic rings. The summed E-state index contributed by atoms with van der Waals surface area (Å²) in [5.41, 5.74) is 7.16. The number of hydrogen-bond acceptors (Lipinski definition) is 1. The van der Waals surface area contributed by atoms with Gasteiger partial charge in [0.15, 0.2) is 0 Å². The predicted octanol–water partition coefficient (Wildman–Crippen LogP) is 1.44. The van der Waals surface area contributed by atoms with E-state index >= 15 is 0 Å². The van der Waals surface area contributed by atoms with Crippen molar-refractivity contribution in [1.29, 1.82) is 0 Å². The fraction of sp³-hybridized carbons (Fsp3) is 0.714. The molecule has 2 N–H and O–H groups in total. The van der Waals surface area contributed by atoms with Crippen LogP contribution in [-0.2, 0) is 0 Å². The molecule has 0 aromatic heterocycles. The Morgan fingerprint density at radius 3 is 2.88 bits per heavy atom. The van der Waals surface area contributed by atoms with E-state index in [1.54, 1.807) is 0 Å². The molecule has 0 heterocycles. The Morgan fingerprint density at radius 1 is 1.75 bits per heavy atom. The Hall–Kier alpha value is -0.300. The van der Waals surface area contributed by atoms with Gasteiger partial charge in [0, 0.05) is 6.04 Å². The van der Waals surface area contributed by atoms with Crippen molar-refractivity contribution in [1.82, 2.24) is 0 Å². The van der Waals surface area contributed by atoms with Gasteiger partial charge in [0.25, 0.3) is 0 Å². The zero-order valence-corrected chi connectivity index (χ0v) is 5.35. The van der Waals surface area contributed by atoms with Gasteiger partial charge in [-0.25, -0.2) is 0 Å². The van der Waals surface area contributed by atoms with E-state index in [-0.39, 0.29) is 0 Å². The zero-order valence-electron chi connectivity index (χ0n) is 5.35. The minimum atomic E-state index is 0.443. The van der Waals surface area contributed by atoms with E-state index in [1.165, 1.54) is 18.4 Å². The molecule has 0 aromatic rings. The highest BCUT2D eigenvalue weighted by Crippen LogP contribution is 2.14. The van der Waals surface area contributed by atoms with Gasteiger partial charge in [-0.15, -0.1) is 0 Å². The standard InChI is InChI=1S/C7H13N/c1-6-2-4-7(8)5-3-6/h2,7H,3-5,8H2,1H3/t7-/m1/s1. The molecule has 46 valence electrons. The van der Waals surface area contributed by atoms with Crippen LogP contribution in [0.4, 0.5) is 0 Å². The Balaban J connectivity index is 2.42. The van der Waals surface area contributed by atoms with Gasteiger partial charge >= 0.3 is 0 Å². The second-order valence-electron chi connectivity index (χ2n) is 2.58. The highest BCUT2D eigenvalue weighted by Gasteiger charge is 2.05. The normalized spacial score (nSPS) is 29.8. The van der Waals surface area contributed by atoms with E-state index < -0.39 is 0 Å². The third-order valence-electron chi connectivity index (χ3n) is 1.68. The van der Waals surface area contributed by atoms with Crippen LogP contribution in [0.1, 0.15) is 26.2 Å². The fourth-order valence-corrected chi connectivity index (χ4v) is 0.986. The van der Waals surface area contributed by atoms with Gasteiger partial charge in [-0.2, -0.15) is 0 Å². The Morgan fingerprint density at radius 2 is 2.50 bits per heavy atom. The van der Waals surface area contributed by atoms with E-state index in [4.69, 9.17) is 5.73 Å².